The van der Waals surface area contributed by atoms with Crippen molar-refractivity contribution in [3.63, 3.8) is 0 Å². The highest BCUT2D eigenvalue weighted by Crippen LogP contribution is 2.13. The fraction of sp³-hybridized carbons (Fsp3) is 0.667. The molecule has 0 aromatic carbocycles. The molecule has 2 rings (SSSR count). The van der Waals surface area contributed by atoms with Crippen LogP contribution in [0.3, 0.4) is 0 Å². The Hall–Kier alpha value is -1.13. The van der Waals surface area contributed by atoms with Crippen LogP contribution in [0.4, 0.5) is 0 Å². The van der Waals surface area contributed by atoms with E-state index in [1.807, 2.05) is 12.2 Å². The quantitative estimate of drug-likeness (QED) is 0.818. The maximum atomic E-state index is 12.1. The first-order valence-corrected chi connectivity index (χ1v) is 7.18. The van der Waals surface area contributed by atoms with Gasteiger partial charge in [0.1, 0.15) is 0 Å². The van der Waals surface area contributed by atoms with Gasteiger partial charge >= 0.3 is 0 Å². The molecule has 1 aliphatic heterocycles. The molecule has 1 N–H and O–H groups in total. The van der Waals surface area contributed by atoms with Crippen molar-refractivity contribution in [2.75, 3.05) is 33.4 Å². The monoisotopic (exact) mass is 264 g/mol. The average molecular weight is 264 g/mol. The number of hydrogen-bond acceptors (Lipinski definition) is 3. The lowest BCUT2D eigenvalue weighted by Crippen LogP contribution is -2.45. The Morgan fingerprint density at radius 2 is 2.21 bits per heavy atom. The van der Waals surface area contributed by atoms with Crippen molar-refractivity contribution >= 4 is 5.91 Å². The van der Waals surface area contributed by atoms with Crippen LogP contribution in [-0.2, 0) is 9.53 Å². The first kappa shape index (κ1) is 14.3. The van der Waals surface area contributed by atoms with E-state index in [2.05, 4.69) is 16.3 Å². The number of piperidine rings is 1. The van der Waals surface area contributed by atoms with Gasteiger partial charge in [-0.05, 0) is 25.7 Å². The van der Waals surface area contributed by atoms with Crippen LogP contribution >= 0.6 is 0 Å². The third-order valence-corrected chi connectivity index (χ3v) is 3.79. The second-order valence-electron chi connectivity index (χ2n) is 5.22. The number of ether oxygens (including phenoxy) is 1. The van der Waals surface area contributed by atoms with E-state index in [0.29, 0.717) is 6.04 Å². The molecule has 0 aromatic rings. The van der Waals surface area contributed by atoms with Gasteiger partial charge < -0.3 is 15.0 Å². The first-order chi connectivity index (χ1) is 9.29. The number of likely N-dealkylation sites (tertiary alicyclic amines) is 1. The zero-order valence-corrected chi connectivity index (χ0v) is 11.7. The molecule has 1 heterocycles. The van der Waals surface area contributed by atoms with Gasteiger partial charge in [0.2, 0.25) is 0 Å². The molecular weight excluding hydrogens is 240 g/mol. The summed E-state index contributed by atoms with van der Waals surface area (Å²) >= 11 is 0. The Morgan fingerprint density at radius 3 is 2.84 bits per heavy atom. The molecule has 1 fully saturated rings. The van der Waals surface area contributed by atoms with Gasteiger partial charge in [-0.2, -0.15) is 0 Å². The van der Waals surface area contributed by atoms with E-state index in [-0.39, 0.29) is 5.91 Å². The highest BCUT2D eigenvalue weighted by Gasteiger charge is 2.21. The molecule has 0 aromatic heterocycles. The Morgan fingerprint density at radius 1 is 1.42 bits per heavy atom. The molecule has 0 saturated carbocycles. The first-order valence-electron chi connectivity index (χ1n) is 7.18. The molecule has 0 spiro atoms. The molecule has 19 heavy (non-hydrogen) atoms. The molecule has 1 aliphatic carbocycles. The van der Waals surface area contributed by atoms with Gasteiger partial charge in [-0.15, -0.1) is 0 Å². The Bertz CT molecular complexity index is 355. The van der Waals surface area contributed by atoms with E-state index < -0.39 is 0 Å². The standard InChI is InChI=1S/C15H24N2O2/c1-19-12-11-17-9-7-14(8-10-17)16-15(18)13-5-3-2-4-6-13/h3,5-6,14H,2,4,7-12H2,1H3,(H,16,18). The van der Waals surface area contributed by atoms with Gasteiger partial charge in [-0.25, -0.2) is 0 Å². The second-order valence-corrected chi connectivity index (χ2v) is 5.22. The highest BCUT2D eigenvalue weighted by atomic mass is 16.5. The van der Waals surface area contributed by atoms with Crippen LogP contribution in [0, 0.1) is 0 Å². The molecule has 106 valence electrons. The summed E-state index contributed by atoms with van der Waals surface area (Å²) in [5, 5.41) is 3.15. The molecule has 0 atom stereocenters. The summed E-state index contributed by atoms with van der Waals surface area (Å²) in [6, 6.07) is 0.322. The number of carbonyl (C=O) groups excluding carboxylic acids is 1. The van der Waals surface area contributed by atoms with Crippen molar-refractivity contribution in [1.29, 1.82) is 0 Å². The third-order valence-electron chi connectivity index (χ3n) is 3.79. The molecule has 0 unspecified atom stereocenters. The maximum Gasteiger partial charge on any atom is 0.251 e. The van der Waals surface area contributed by atoms with E-state index in [1.165, 1.54) is 0 Å². The van der Waals surface area contributed by atoms with Crippen molar-refractivity contribution in [2.24, 2.45) is 0 Å². The molecule has 0 bridgehead atoms. The summed E-state index contributed by atoms with van der Waals surface area (Å²) in [6.07, 6.45) is 10.1. The lowest BCUT2D eigenvalue weighted by Gasteiger charge is -2.32. The molecule has 2 aliphatic rings. The van der Waals surface area contributed by atoms with Crippen molar-refractivity contribution in [3.05, 3.63) is 23.8 Å². The smallest absolute Gasteiger partial charge is 0.251 e. The highest BCUT2D eigenvalue weighted by molar-refractivity contribution is 5.96. The van der Waals surface area contributed by atoms with Gasteiger partial charge in [0, 0.05) is 38.4 Å². The SMILES string of the molecule is COCCN1CCC(NC(=O)C2=CCCC=C2)CC1. The number of rotatable bonds is 5. The van der Waals surface area contributed by atoms with Crippen LogP contribution in [-0.4, -0.2) is 50.2 Å². The van der Waals surface area contributed by atoms with Crippen LogP contribution in [0.5, 0.6) is 0 Å². The van der Waals surface area contributed by atoms with Crippen LogP contribution in [0.15, 0.2) is 23.8 Å². The lowest BCUT2D eigenvalue weighted by atomic mass is 10.0. The normalized spacial score (nSPS) is 21.2. The number of amides is 1. The summed E-state index contributed by atoms with van der Waals surface area (Å²) in [7, 11) is 1.73. The number of nitrogens with zero attached hydrogens (tertiary/aromatic N) is 1. The fourth-order valence-electron chi connectivity index (χ4n) is 2.57. The Balaban J connectivity index is 1.72. The number of methoxy groups -OCH3 is 1. The van der Waals surface area contributed by atoms with Crippen molar-refractivity contribution in [2.45, 2.75) is 31.7 Å². The van der Waals surface area contributed by atoms with Gasteiger partial charge in [0.15, 0.2) is 0 Å². The van der Waals surface area contributed by atoms with Crippen LogP contribution < -0.4 is 5.32 Å². The van der Waals surface area contributed by atoms with Crippen LogP contribution in [0.1, 0.15) is 25.7 Å². The van der Waals surface area contributed by atoms with E-state index in [9.17, 15) is 4.79 Å². The fourth-order valence-corrected chi connectivity index (χ4v) is 2.57. The van der Waals surface area contributed by atoms with E-state index in [4.69, 9.17) is 4.74 Å². The molecule has 1 saturated heterocycles. The predicted octanol–water partition coefficient (Wildman–Crippen LogP) is 1.49. The number of carbonyl (C=O) groups is 1. The number of allylic oxidation sites excluding steroid dienone is 2. The lowest BCUT2D eigenvalue weighted by molar-refractivity contribution is -0.118. The molecular formula is C15H24N2O2. The molecule has 4 heteroatoms. The Labute approximate surface area is 115 Å². The number of hydrogen-bond donors (Lipinski definition) is 1. The minimum absolute atomic E-state index is 0.0892. The Kier molecular flexibility index (Phi) is 5.61. The molecule has 4 nitrogen and oxygen atoms in total. The average Bonchev–Trinajstić information content (AvgIpc) is 2.47. The van der Waals surface area contributed by atoms with Crippen LogP contribution in [0.2, 0.25) is 0 Å². The van der Waals surface area contributed by atoms with Crippen LogP contribution in [0.25, 0.3) is 0 Å². The van der Waals surface area contributed by atoms with Gasteiger partial charge in [0.05, 0.1) is 6.61 Å². The van der Waals surface area contributed by atoms with E-state index >= 15 is 0 Å². The third kappa shape index (κ3) is 4.48. The van der Waals surface area contributed by atoms with E-state index in [1.54, 1.807) is 7.11 Å². The minimum atomic E-state index is 0.0892. The molecule has 0 radical (unpaired) electrons. The van der Waals surface area contributed by atoms with E-state index in [0.717, 1.165) is 57.5 Å². The van der Waals surface area contributed by atoms with Gasteiger partial charge in [-0.1, -0.05) is 18.2 Å². The summed E-state index contributed by atoms with van der Waals surface area (Å²) < 4.78 is 5.09. The zero-order chi connectivity index (χ0) is 13.5. The predicted molar refractivity (Wildman–Crippen MR) is 75.9 cm³/mol. The minimum Gasteiger partial charge on any atom is -0.383 e. The second kappa shape index (κ2) is 7.46. The summed E-state index contributed by atoms with van der Waals surface area (Å²) in [5.74, 6) is 0.0892. The number of nitrogens with one attached hydrogen (secondary N) is 1. The van der Waals surface area contributed by atoms with Gasteiger partial charge in [0.25, 0.3) is 5.91 Å². The summed E-state index contributed by atoms with van der Waals surface area (Å²) in [5.41, 5.74) is 0.827. The summed E-state index contributed by atoms with van der Waals surface area (Å²) in [6.45, 7) is 3.87. The molecule has 1 amide bonds. The van der Waals surface area contributed by atoms with Crippen molar-refractivity contribution < 1.29 is 9.53 Å². The zero-order valence-electron chi connectivity index (χ0n) is 11.7. The topological polar surface area (TPSA) is 41.6 Å². The van der Waals surface area contributed by atoms with Gasteiger partial charge in [-0.3, -0.25) is 4.79 Å². The largest absolute Gasteiger partial charge is 0.383 e. The van der Waals surface area contributed by atoms with Crippen molar-refractivity contribution in [3.8, 4) is 0 Å². The summed E-state index contributed by atoms with van der Waals surface area (Å²) in [4.78, 5) is 14.5. The van der Waals surface area contributed by atoms with Crippen molar-refractivity contribution in [1.82, 2.24) is 10.2 Å². The maximum absolute atomic E-state index is 12.1.